The highest BCUT2D eigenvalue weighted by Crippen LogP contribution is 2.52. The number of benzene rings is 25. The van der Waals surface area contributed by atoms with Crippen molar-refractivity contribution in [3.8, 4) is 106 Å². The quantitative estimate of drug-likeness (QED) is 0.127. The molecule has 28 aromatic rings. The van der Waals surface area contributed by atoms with Gasteiger partial charge >= 0.3 is 0 Å². The predicted octanol–water partition coefficient (Wildman–Crippen LogP) is 40.8. The van der Waals surface area contributed by atoms with E-state index < -0.39 is 0 Å². The van der Waals surface area contributed by atoms with Crippen molar-refractivity contribution >= 4 is 182 Å². The van der Waals surface area contributed by atoms with Gasteiger partial charge in [-0.1, -0.05) is 404 Å². The van der Waals surface area contributed by atoms with E-state index in [1.807, 2.05) is 22.7 Å². The molecule has 0 bridgehead atoms. The van der Waals surface area contributed by atoms with Gasteiger partial charge in [0.05, 0.1) is 11.0 Å². The standard InChI is InChI=1S/C54H32S2.C46H35N.C41H32/c1-2-14-42-41(13-1)49-29-37(33-9-7-11-35(27-33)39-21-25-47-45-15-3-5-17-51(45)55-53(47)31-39)19-23-43(49)44-24-20-38(30-50(42)44)34-10-8-12-36(28-34)40-22-26-48-46-16-4-6-18-52(46)56-54(48)32-40;1-46(2,3)34-22-25-45-43(29-34)42-28-33(21-24-44(42)47(45)35-14-5-4-6-15-35)31-13-11-12-30(26-31)32-20-23-40-38-18-8-7-16-36(38)37-17-9-10-19-39(37)41(40)27-32;1-25-13-17-33-34-19-16-29(23-38(34)32-10-6-5-9-31(32)37(33)21-25)30-18-14-27(22-26(30)2)28-15-20-36-35-11-7-8-12-39(35)41(3,4)40(36)24-28/h1-32H;4-29H,1-3H3;5-24H,1-4H3. The van der Waals surface area contributed by atoms with E-state index in [1.54, 1.807) is 0 Å². The van der Waals surface area contributed by atoms with Gasteiger partial charge in [-0.15, -0.1) is 22.7 Å². The van der Waals surface area contributed by atoms with Gasteiger partial charge in [-0.2, -0.15) is 0 Å². The Morgan fingerprint density at radius 1 is 0.188 bits per heavy atom. The number of hydrogen-bond acceptors (Lipinski definition) is 2. The molecule has 0 saturated heterocycles. The van der Waals surface area contributed by atoms with Crippen molar-refractivity contribution in [2.45, 2.75) is 59.3 Å². The molecule has 3 aromatic heterocycles. The molecule has 0 unspecified atom stereocenters. The van der Waals surface area contributed by atoms with E-state index in [4.69, 9.17) is 0 Å². The Kier molecular flexibility index (Phi) is 20.5. The van der Waals surface area contributed by atoms with Crippen LogP contribution < -0.4 is 0 Å². The normalized spacial score (nSPS) is 12.5. The van der Waals surface area contributed by atoms with Crippen molar-refractivity contribution in [3.63, 3.8) is 0 Å². The molecule has 1 nitrogen and oxygen atoms in total. The molecule has 0 amide bonds. The summed E-state index contributed by atoms with van der Waals surface area (Å²) in [6.45, 7) is 16.0. The van der Waals surface area contributed by atoms with Crippen molar-refractivity contribution in [2.75, 3.05) is 0 Å². The van der Waals surface area contributed by atoms with Crippen LogP contribution in [0.2, 0.25) is 0 Å². The number of aromatic nitrogens is 1. The Bertz CT molecular complexity index is 9900. The third-order valence-corrected chi connectivity index (χ3v) is 33.3. The maximum atomic E-state index is 2.42. The second kappa shape index (κ2) is 34.2. The second-order valence-corrected chi connectivity index (χ2v) is 43.1. The molecule has 0 spiro atoms. The Labute approximate surface area is 845 Å². The number of thiophene rings is 2. The first kappa shape index (κ1) is 86.2. The average molecular weight is 1870 g/mol. The fourth-order valence-corrected chi connectivity index (χ4v) is 26.0. The molecule has 1 aliphatic carbocycles. The molecule has 0 fully saturated rings. The molecule has 0 radical (unpaired) electrons. The van der Waals surface area contributed by atoms with E-state index in [9.17, 15) is 0 Å². The number of fused-ring (bicyclic) bond motifs is 30. The summed E-state index contributed by atoms with van der Waals surface area (Å²) < 4.78 is 7.75. The van der Waals surface area contributed by atoms with E-state index in [0.717, 1.165) is 0 Å². The lowest BCUT2D eigenvalue weighted by molar-refractivity contribution is 0.591. The van der Waals surface area contributed by atoms with Gasteiger partial charge in [-0.25, -0.2) is 0 Å². The van der Waals surface area contributed by atoms with E-state index in [2.05, 4.69) is 526 Å². The van der Waals surface area contributed by atoms with Crippen LogP contribution in [0, 0.1) is 13.8 Å². The fourth-order valence-electron chi connectivity index (χ4n) is 23.7. The minimum atomic E-state index is 0.00760. The summed E-state index contributed by atoms with van der Waals surface area (Å²) in [6.07, 6.45) is 0. The van der Waals surface area contributed by atoms with E-state index in [0.29, 0.717) is 0 Å². The lowest BCUT2D eigenvalue weighted by Crippen LogP contribution is -2.14. The number of nitrogens with zero attached hydrogens (tertiary/aromatic N) is 1. The molecule has 3 heteroatoms. The van der Waals surface area contributed by atoms with E-state index >= 15 is 0 Å². The van der Waals surface area contributed by atoms with Crippen LogP contribution in [0.4, 0.5) is 0 Å². The highest BCUT2D eigenvalue weighted by atomic mass is 32.1. The Balaban J connectivity index is 0.000000109. The van der Waals surface area contributed by atoms with Gasteiger partial charge in [0, 0.05) is 62.2 Å². The van der Waals surface area contributed by atoms with Crippen LogP contribution in [-0.4, -0.2) is 4.57 Å². The second-order valence-electron chi connectivity index (χ2n) is 41.0. The van der Waals surface area contributed by atoms with Crippen LogP contribution in [0.5, 0.6) is 0 Å². The lowest BCUT2D eigenvalue weighted by atomic mass is 9.81. The van der Waals surface area contributed by atoms with Crippen molar-refractivity contribution in [2.24, 2.45) is 0 Å². The fraction of sp³-hybridized carbons (Fsp3) is 0.0638. The summed E-state index contributed by atoms with van der Waals surface area (Å²) in [5.41, 5.74) is 33.2. The third-order valence-electron chi connectivity index (χ3n) is 31.0. The summed E-state index contributed by atoms with van der Waals surface area (Å²) in [6, 6.07) is 176. The largest absolute Gasteiger partial charge is 0.309 e. The number of aryl methyl sites for hydroxylation is 2. The van der Waals surface area contributed by atoms with Crippen LogP contribution in [0.15, 0.2) is 473 Å². The summed E-state index contributed by atoms with van der Waals surface area (Å²) in [7, 11) is 0. The first-order valence-corrected chi connectivity index (χ1v) is 51.9. The van der Waals surface area contributed by atoms with Gasteiger partial charge in [-0.3, -0.25) is 0 Å². The summed E-state index contributed by atoms with van der Waals surface area (Å²) in [4.78, 5) is 0. The highest BCUT2D eigenvalue weighted by molar-refractivity contribution is 7.26. The summed E-state index contributed by atoms with van der Waals surface area (Å²) in [5, 5.41) is 31.4. The smallest absolute Gasteiger partial charge is 0.0541 e. The minimum absolute atomic E-state index is 0.00760. The first-order valence-electron chi connectivity index (χ1n) is 50.3. The molecular weight excluding hydrogens is 1770 g/mol. The Hall–Kier alpha value is -16.9. The maximum Gasteiger partial charge on any atom is 0.0541 e. The van der Waals surface area contributed by atoms with E-state index in [1.165, 1.54) is 293 Å². The predicted molar refractivity (Wildman–Crippen MR) is 626 cm³/mol. The SMILES string of the molecule is CC(C)(C)c1ccc2c(c1)c1cc(-c3cccc(-c4ccc5c6ccccc6c6ccccc6c5c4)c3)ccc1n2-c1ccccc1.Cc1ccc2c3ccc(-c4ccc(-c5ccc6c(c5)C(C)(C)c5ccccc5-6)cc4C)cc3c3ccccc3c2c1.c1cc(-c2ccc3c(c2)sc2ccccc23)cc(-c2ccc3c4ccc(-c5cccc(-c6ccc7c(c6)sc6ccccc67)c5)cc4c4ccccc4c3c2)c1. The molecule has 1 aliphatic rings. The number of rotatable bonds is 9. The van der Waals surface area contributed by atoms with Crippen molar-refractivity contribution in [3.05, 3.63) is 501 Å². The molecule has 3 heterocycles. The Morgan fingerprint density at radius 3 is 0.938 bits per heavy atom. The third kappa shape index (κ3) is 14.6. The lowest BCUT2D eigenvalue weighted by Gasteiger charge is -2.22. The number of hydrogen-bond donors (Lipinski definition) is 0. The molecule has 0 saturated carbocycles. The molecule has 29 rings (SSSR count). The molecule has 0 N–H and O–H groups in total. The van der Waals surface area contributed by atoms with Gasteiger partial charge in [0.2, 0.25) is 0 Å². The molecular formula is C141H99NS2. The molecule has 144 heavy (non-hydrogen) atoms. The van der Waals surface area contributed by atoms with Crippen LogP contribution >= 0.6 is 22.7 Å². The monoisotopic (exact) mass is 1870 g/mol. The summed E-state index contributed by atoms with van der Waals surface area (Å²) in [5.74, 6) is 0. The molecule has 25 aromatic carbocycles. The molecule has 0 atom stereocenters. The molecule has 680 valence electrons. The molecule has 0 aliphatic heterocycles. The average Bonchev–Trinajstić information content (AvgIpc) is 1.000. The van der Waals surface area contributed by atoms with Crippen LogP contribution in [-0.2, 0) is 10.8 Å². The van der Waals surface area contributed by atoms with Crippen molar-refractivity contribution in [1.82, 2.24) is 4.57 Å². The van der Waals surface area contributed by atoms with E-state index in [-0.39, 0.29) is 10.8 Å². The van der Waals surface area contributed by atoms with Gasteiger partial charge in [0.25, 0.3) is 0 Å². The summed E-state index contributed by atoms with van der Waals surface area (Å²) >= 11 is 3.75. The minimum Gasteiger partial charge on any atom is -0.309 e. The first-order chi connectivity index (χ1) is 70.5. The number of para-hydroxylation sites is 1. The van der Waals surface area contributed by atoms with Crippen LogP contribution in [0.3, 0.4) is 0 Å². The van der Waals surface area contributed by atoms with Crippen LogP contribution in [0.25, 0.3) is 265 Å². The zero-order valence-electron chi connectivity index (χ0n) is 81.3. The zero-order chi connectivity index (χ0) is 96.3. The van der Waals surface area contributed by atoms with Crippen molar-refractivity contribution in [1.29, 1.82) is 0 Å². The topological polar surface area (TPSA) is 4.93 Å². The highest BCUT2D eigenvalue weighted by Gasteiger charge is 2.36. The Morgan fingerprint density at radius 2 is 0.486 bits per heavy atom. The van der Waals surface area contributed by atoms with Crippen molar-refractivity contribution < 1.29 is 0 Å². The van der Waals surface area contributed by atoms with Gasteiger partial charge in [0.15, 0.2) is 0 Å². The van der Waals surface area contributed by atoms with Gasteiger partial charge in [0.1, 0.15) is 0 Å². The maximum absolute atomic E-state index is 2.42. The van der Waals surface area contributed by atoms with Gasteiger partial charge < -0.3 is 4.57 Å². The van der Waals surface area contributed by atoms with Crippen LogP contribution in [0.1, 0.15) is 62.4 Å². The van der Waals surface area contributed by atoms with Gasteiger partial charge in [-0.05, 0) is 348 Å². The zero-order valence-corrected chi connectivity index (χ0v) is 82.9.